The molecule has 0 aliphatic heterocycles. The zero-order valence-corrected chi connectivity index (χ0v) is 10.6. The Labute approximate surface area is 112 Å². The molecule has 0 radical (unpaired) electrons. The zero-order chi connectivity index (χ0) is 13.1. The summed E-state index contributed by atoms with van der Waals surface area (Å²) in [5.41, 5.74) is 1.53. The Morgan fingerprint density at radius 1 is 1.42 bits per heavy atom. The van der Waals surface area contributed by atoms with Crippen molar-refractivity contribution in [2.24, 2.45) is 0 Å². The predicted molar refractivity (Wildman–Crippen MR) is 70.9 cm³/mol. The van der Waals surface area contributed by atoms with Crippen LogP contribution in [0.5, 0.6) is 0 Å². The van der Waals surface area contributed by atoms with Crippen molar-refractivity contribution < 1.29 is 13.7 Å². The number of hydrogen-bond donors (Lipinski definition) is 1. The lowest BCUT2D eigenvalue weighted by Crippen LogP contribution is -2.13. The molecular weight excluding hydrogens is 264 g/mol. The van der Waals surface area contributed by atoms with E-state index in [1.165, 1.54) is 0 Å². The summed E-state index contributed by atoms with van der Waals surface area (Å²) in [6.45, 7) is 0. The highest BCUT2D eigenvalue weighted by Gasteiger charge is 2.11. The third-order valence-electron chi connectivity index (χ3n) is 2.49. The van der Waals surface area contributed by atoms with Gasteiger partial charge < -0.3 is 8.94 Å². The van der Waals surface area contributed by atoms with Crippen LogP contribution < -0.4 is 5.32 Å². The quantitative estimate of drug-likeness (QED) is 0.793. The van der Waals surface area contributed by atoms with Crippen molar-refractivity contribution in [1.29, 1.82) is 0 Å². The first-order valence-corrected chi connectivity index (χ1v) is 6.57. The lowest BCUT2D eigenvalue weighted by molar-refractivity contribution is -0.115. The summed E-state index contributed by atoms with van der Waals surface area (Å²) in [6.07, 6.45) is 1.87. The van der Waals surface area contributed by atoms with Gasteiger partial charge in [0.05, 0.1) is 12.7 Å². The Morgan fingerprint density at radius 2 is 2.37 bits per heavy atom. The molecule has 3 aromatic rings. The van der Waals surface area contributed by atoms with Crippen molar-refractivity contribution in [3.63, 3.8) is 0 Å². The highest BCUT2D eigenvalue weighted by Crippen LogP contribution is 2.22. The maximum absolute atomic E-state index is 11.8. The van der Waals surface area contributed by atoms with Crippen molar-refractivity contribution in [3.05, 3.63) is 46.9 Å². The molecule has 0 unspecified atom stereocenters. The number of anilines is 1. The van der Waals surface area contributed by atoms with E-state index in [1.54, 1.807) is 35.8 Å². The summed E-state index contributed by atoms with van der Waals surface area (Å²) in [4.78, 5) is 11.8. The first-order valence-electron chi connectivity index (χ1n) is 5.63. The van der Waals surface area contributed by atoms with Gasteiger partial charge in [0.25, 0.3) is 0 Å². The average Bonchev–Trinajstić information content (AvgIpc) is 3.09. The number of nitrogens with one attached hydrogen (secondary N) is 1. The maximum Gasteiger partial charge on any atom is 0.231 e. The first kappa shape index (κ1) is 11.7. The van der Waals surface area contributed by atoms with Gasteiger partial charge in [-0.05, 0) is 34.5 Å². The van der Waals surface area contributed by atoms with E-state index in [0.29, 0.717) is 23.8 Å². The van der Waals surface area contributed by atoms with Crippen molar-refractivity contribution in [2.75, 3.05) is 5.32 Å². The summed E-state index contributed by atoms with van der Waals surface area (Å²) in [5.74, 6) is 0.772. The molecular formula is C13H10N2O3S. The van der Waals surface area contributed by atoms with E-state index < -0.39 is 0 Å². The lowest BCUT2D eigenvalue weighted by atomic mass is 10.2. The molecule has 0 bridgehead atoms. The monoisotopic (exact) mass is 274 g/mol. The summed E-state index contributed by atoms with van der Waals surface area (Å²) in [6, 6.07) is 7.08. The molecule has 0 saturated heterocycles. The zero-order valence-electron chi connectivity index (χ0n) is 9.83. The standard InChI is InChI=1S/C13H10N2O3S/c16-12(6-9-3-5-19-8-9)14-13-7-10(15-18-13)11-2-1-4-17-11/h1-5,7-8H,6H2,(H,14,16). The number of thiophene rings is 1. The first-order chi connectivity index (χ1) is 9.31. The highest BCUT2D eigenvalue weighted by atomic mass is 32.1. The molecule has 19 heavy (non-hydrogen) atoms. The third kappa shape index (κ3) is 2.74. The fraction of sp³-hybridized carbons (Fsp3) is 0.0769. The predicted octanol–water partition coefficient (Wildman–Crippen LogP) is 3.18. The number of furan rings is 1. The molecule has 5 nitrogen and oxygen atoms in total. The van der Waals surface area contributed by atoms with E-state index in [0.717, 1.165) is 5.56 Å². The third-order valence-corrected chi connectivity index (χ3v) is 3.22. The van der Waals surface area contributed by atoms with Gasteiger partial charge in [-0.3, -0.25) is 10.1 Å². The summed E-state index contributed by atoms with van der Waals surface area (Å²) in [5, 5.41) is 10.4. The summed E-state index contributed by atoms with van der Waals surface area (Å²) < 4.78 is 10.2. The van der Waals surface area contributed by atoms with Gasteiger partial charge in [0.2, 0.25) is 11.8 Å². The molecule has 3 aromatic heterocycles. The number of rotatable bonds is 4. The molecule has 3 heterocycles. The number of nitrogens with zero attached hydrogens (tertiary/aromatic N) is 1. The molecule has 1 amide bonds. The van der Waals surface area contributed by atoms with Crippen LogP contribution in [-0.2, 0) is 11.2 Å². The molecule has 3 rings (SSSR count). The molecule has 0 aromatic carbocycles. The van der Waals surface area contributed by atoms with Crippen LogP contribution in [0.1, 0.15) is 5.56 Å². The minimum atomic E-state index is -0.138. The molecule has 96 valence electrons. The van der Waals surface area contributed by atoms with E-state index >= 15 is 0 Å². The van der Waals surface area contributed by atoms with E-state index in [9.17, 15) is 4.79 Å². The fourth-order valence-electron chi connectivity index (χ4n) is 1.63. The van der Waals surface area contributed by atoms with Crippen LogP contribution in [0, 0.1) is 0 Å². The molecule has 1 N–H and O–H groups in total. The molecule has 0 aliphatic rings. The van der Waals surface area contributed by atoms with Crippen LogP contribution in [0.3, 0.4) is 0 Å². The number of hydrogen-bond acceptors (Lipinski definition) is 5. The largest absolute Gasteiger partial charge is 0.463 e. The van der Waals surface area contributed by atoms with Crippen LogP contribution in [0.2, 0.25) is 0 Å². The lowest BCUT2D eigenvalue weighted by Gasteiger charge is -1.98. The second-order valence-electron chi connectivity index (χ2n) is 3.91. The Kier molecular flexibility index (Phi) is 3.16. The van der Waals surface area contributed by atoms with Crippen LogP contribution in [0.25, 0.3) is 11.5 Å². The van der Waals surface area contributed by atoms with Gasteiger partial charge in [0, 0.05) is 6.07 Å². The smallest absolute Gasteiger partial charge is 0.231 e. The molecule has 0 saturated carbocycles. The summed E-state index contributed by atoms with van der Waals surface area (Å²) >= 11 is 1.56. The Morgan fingerprint density at radius 3 is 3.11 bits per heavy atom. The summed E-state index contributed by atoms with van der Waals surface area (Å²) in [7, 11) is 0. The van der Waals surface area contributed by atoms with Gasteiger partial charge in [-0.2, -0.15) is 11.3 Å². The number of carbonyl (C=O) groups is 1. The van der Waals surface area contributed by atoms with Crippen LogP contribution in [0.4, 0.5) is 5.88 Å². The second kappa shape index (κ2) is 5.11. The minimum Gasteiger partial charge on any atom is -0.463 e. The van der Waals surface area contributed by atoms with E-state index in [1.807, 2.05) is 16.8 Å². The number of aromatic nitrogens is 1. The molecule has 0 spiro atoms. The van der Waals surface area contributed by atoms with E-state index in [4.69, 9.17) is 8.94 Å². The Hall–Kier alpha value is -2.34. The van der Waals surface area contributed by atoms with Crippen molar-refractivity contribution in [1.82, 2.24) is 5.16 Å². The fourth-order valence-corrected chi connectivity index (χ4v) is 2.30. The van der Waals surface area contributed by atoms with Gasteiger partial charge in [0.1, 0.15) is 0 Å². The molecule has 0 aliphatic carbocycles. The molecule has 0 fully saturated rings. The van der Waals surface area contributed by atoms with Crippen LogP contribution in [0.15, 0.2) is 50.2 Å². The van der Waals surface area contributed by atoms with Crippen molar-refractivity contribution >= 4 is 23.1 Å². The van der Waals surface area contributed by atoms with Gasteiger partial charge in [0.15, 0.2) is 11.5 Å². The van der Waals surface area contributed by atoms with Crippen molar-refractivity contribution in [2.45, 2.75) is 6.42 Å². The number of carbonyl (C=O) groups excluding carboxylic acids is 1. The Balaban J connectivity index is 1.65. The van der Waals surface area contributed by atoms with Crippen LogP contribution >= 0.6 is 11.3 Å². The average molecular weight is 274 g/mol. The molecule has 0 atom stereocenters. The van der Waals surface area contributed by atoms with Crippen LogP contribution in [-0.4, -0.2) is 11.1 Å². The number of amides is 1. The van der Waals surface area contributed by atoms with Gasteiger partial charge in [-0.1, -0.05) is 5.16 Å². The van der Waals surface area contributed by atoms with Gasteiger partial charge in [-0.15, -0.1) is 0 Å². The van der Waals surface area contributed by atoms with E-state index in [-0.39, 0.29) is 5.91 Å². The normalized spacial score (nSPS) is 10.5. The maximum atomic E-state index is 11.8. The van der Waals surface area contributed by atoms with E-state index in [2.05, 4.69) is 10.5 Å². The Bertz CT molecular complexity index is 656. The highest BCUT2D eigenvalue weighted by molar-refractivity contribution is 7.08. The minimum absolute atomic E-state index is 0.138. The van der Waals surface area contributed by atoms with Gasteiger partial charge >= 0.3 is 0 Å². The van der Waals surface area contributed by atoms with Gasteiger partial charge in [-0.25, -0.2) is 0 Å². The second-order valence-corrected chi connectivity index (χ2v) is 4.69. The SMILES string of the molecule is O=C(Cc1ccsc1)Nc1cc(-c2ccco2)no1. The molecule has 6 heteroatoms. The topological polar surface area (TPSA) is 68.3 Å². The van der Waals surface area contributed by atoms with Crippen molar-refractivity contribution in [3.8, 4) is 11.5 Å².